The third-order valence-corrected chi connectivity index (χ3v) is 2.35. The van der Waals surface area contributed by atoms with Gasteiger partial charge in [-0.1, -0.05) is 0 Å². The molecular formula is C10H17N3O. The van der Waals surface area contributed by atoms with Crippen LogP contribution in [-0.4, -0.2) is 30.0 Å². The Kier molecular flexibility index (Phi) is 3.54. The lowest BCUT2D eigenvalue weighted by atomic mass is 10.4. The molecule has 78 valence electrons. The Morgan fingerprint density at radius 3 is 3.21 bits per heavy atom. The van der Waals surface area contributed by atoms with E-state index >= 15 is 0 Å². The monoisotopic (exact) mass is 195 g/mol. The van der Waals surface area contributed by atoms with Crippen molar-refractivity contribution in [3.05, 3.63) is 18.0 Å². The Labute approximate surface area is 84.0 Å². The molecule has 2 rings (SSSR count). The summed E-state index contributed by atoms with van der Waals surface area (Å²) < 4.78 is 5.49. The van der Waals surface area contributed by atoms with Gasteiger partial charge < -0.3 is 10.1 Å². The molecule has 0 saturated heterocycles. The molecule has 1 fully saturated rings. The van der Waals surface area contributed by atoms with Crippen molar-refractivity contribution in [1.82, 2.24) is 15.5 Å². The summed E-state index contributed by atoms with van der Waals surface area (Å²) in [4.78, 5) is 0. The molecule has 1 aromatic heterocycles. The minimum atomic E-state index is 0.810. The summed E-state index contributed by atoms with van der Waals surface area (Å²) in [6, 6.07) is 1.97. The van der Waals surface area contributed by atoms with Crippen LogP contribution in [0.5, 0.6) is 0 Å². The Hall–Kier alpha value is -0.870. The molecule has 0 bridgehead atoms. The zero-order chi connectivity index (χ0) is 9.64. The summed E-state index contributed by atoms with van der Waals surface area (Å²) in [7, 11) is 0. The molecule has 0 aromatic carbocycles. The fourth-order valence-electron chi connectivity index (χ4n) is 1.29. The van der Waals surface area contributed by atoms with Gasteiger partial charge in [-0.15, -0.1) is 0 Å². The van der Waals surface area contributed by atoms with Gasteiger partial charge in [-0.25, -0.2) is 0 Å². The van der Waals surface area contributed by atoms with Crippen molar-refractivity contribution in [2.75, 3.05) is 19.8 Å². The van der Waals surface area contributed by atoms with Crippen LogP contribution in [0.25, 0.3) is 0 Å². The molecule has 4 nitrogen and oxygen atoms in total. The van der Waals surface area contributed by atoms with E-state index in [2.05, 4.69) is 15.5 Å². The fourth-order valence-corrected chi connectivity index (χ4v) is 1.29. The van der Waals surface area contributed by atoms with Crippen LogP contribution in [0, 0.1) is 5.92 Å². The first-order valence-corrected chi connectivity index (χ1v) is 5.22. The van der Waals surface area contributed by atoms with Crippen molar-refractivity contribution >= 4 is 0 Å². The lowest BCUT2D eigenvalue weighted by molar-refractivity contribution is 0.126. The van der Waals surface area contributed by atoms with Crippen molar-refractivity contribution in [3.63, 3.8) is 0 Å². The summed E-state index contributed by atoms with van der Waals surface area (Å²) in [5.41, 5.74) is 1.12. The molecule has 0 radical (unpaired) electrons. The smallest absolute Gasteiger partial charge is 0.0591 e. The van der Waals surface area contributed by atoms with Gasteiger partial charge in [0, 0.05) is 31.6 Å². The molecule has 1 aromatic rings. The summed E-state index contributed by atoms with van der Waals surface area (Å²) in [6.45, 7) is 3.51. The Bertz CT molecular complexity index is 244. The third-order valence-electron chi connectivity index (χ3n) is 2.35. The first kappa shape index (κ1) is 9.68. The molecule has 1 aliphatic carbocycles. The molecule has 0 spiro atoms. The second-order valence-electron chi connectivity index (χ2n) is 3.78. The minimum absolute atomic E-state index is 0.810. The molecule has 1 heterocycles. The lowest BCUT2D eigenvalue weighted by Crippen LogP contribution is -2.19. The normalized spacial score (nSPS) is 16.0. The molecule has 2 N–H and O–H groups in total. The van der Waals surface area contributed by atoms with Crippen LogP contribution in [0.1, 0.15) is 18.5 Å². The number of aromatic amines is 1. The van der Waals surface area contributed by atoms with E-state index in [1.54, 1.807) is 6.20 Å². The molecule has 0 amide bonds. The van der Waals surface area contributed by atoms with Crippen molar-refractivity contribution in [1.29, 1.82) is 0 Å². The van der Waals surface area contributed by atoms with E-state index in [1.165, 1.54) is 12.8 Å². The molecule has 14 heavy (non-hydrogen) atoms. The summed E-state index contributed by atoms with van der Waals surface area (Å²) in [5, 5.41) is 10.1. The third kappa shape index (κ3) is 3.47. The van der Waals surface area contributed by atoms with Gasteiger partial charge in [-0.05, 0) is 24.8 Å². The van der Waals surface area contributed by atoms with Crippen molar-refractivity contribution in [3.8, 4) is 0 Å². The Morgan fingerprint density at radius 2 is 2.50 bits per heavy atom. The van der Waals surface area contributed by atoms with Gasteiger partial charge in [-0.3, -0.25) is 5.10 Å². The fraction of sp³-hybridized carbons (Fsp3) is 0.700. The quantitative estimate of drug-likeness (QED) is 0.636. The van der Waals surface area contributed by atoms with E-state index in [0.717, 1.165) is 37.9 Å². The van der Waals surface area contributed by atoms with Gasteiger partial charge in [-0.2, -0.15) is 5.10 Å². The number of nitrogens with one attached hydrogen (secondary N) is 2. The number of nitrogens with zero attached hydrogens (tertiary/aromatic N) is 1. The van der Waals surface area contributed by atoms with Gasteiger partial charge in [0.05, 0.1) is 6.61 Å². The number of aromatic nitrogens is 2. The molecule has 1 aliphatic rings. The molecular weight excluding hydrogens is 178 g/mol. The van der Waals surface area contributed by atoms with Crippen LogP contribution in [-0.2, 0) is 11.3 Å². The standard InChI is InChI=1S/C10H17N3O/c1-2-9(1)8-14-6-5-11-7-10-3-4-12-13-10/h3-4,9,11H,1-2,5-8H2,(H,12,13). The first-order chi connectivity index (χ1) is 6.95. The number of hydrogen-bond acceptors (Lipinski definition) is 3. The summed E-state index contributed by atoms with van der Waals surface area (Å²) >= 11 is 0. The van der Waals surface area contributed by atoms with Crippen molar-refractivity contribution in [2.45, 2.75) is 19.4 Å². The van der Waals surface area contributed by atoms with Crippen molar-refractivity contribution in [2.24, 2.45) is 5.92 Å². The van der Waals surface area contributed by atoms with Crippen LogP contribution in [0.3, 0.4) is 0 Å². The zero-order valence-corrected chi connectivity index (χ0v) is 8.33. The van der Waals surface area contributed by atoms with E-state index in [4.69, 9.17) is 4.74 Å². The van der Waals surface area contributed by atoms with Crippen LogP contribution in [0.2, 0.25) is 0 Å². The molecule has 0 unspecified atom stereocenters. The summed E-state index contributed by atoms with van der Waals surface area (Å²) in [6.07, 6.45) is 4.49. The van der Waals surface area contributed by atoms with Crippen LogP contribution < -0.4 is 5.32 Å². The number of hydrogen-bond donors (Lipinski definition) is 2. The maximum atomic E-state index is 5.49. The van der Waals surface area contributed by atoms with Crippen molar-refractivity contribution < 1.29 is 4.74 Å². The number of ether oxygens (including phenoxy) is 1. The average Bonchev–Trinajstić information content (AvgIpc) is 2.87. The highest BCUT2D eigenvalue weighted by Gasteiger charge is 2.20. The first-order valence-electron chi connectivity index (χ1n) is 5.22. The van der Waals surface area contributed by atoms with E-state index in [9.17, 15) is 0 Å². The van der Waals surface area contributed by atoms with E-state index in [1.807, 2.05) is 6.07 Å². The van der Waals surface area contributed by atoms with Gasteiger partial charge in [0.25, 0.3) is 0 Å². The SMILES string of the molecule is c1cc(CNCCOCC2CC2)[nH]n1. The van der Waals surface area contributed by atoms with E-state index in [0.29, 0.717) is 0 Å². The Morgan fingerprint density at radius 1 is 1.57 bits per heavy atom. The van der Waals surface area contributed by atoms with Crippen LogP contribution in [0.4, 0.5) is 0 Å². The molecule has 1 saturated carbocycles. The highest BCUT2D eigenvalue weighted by Crippen LogP contribution is 2.28. The zero-order valence-electron chi connectivity index (χ0n) is 8.33. The number of rotatable bonds is 7. The molecule has 0 atom stereocenters. The predicted octanol–water partition coefficient (Wildman–Crippen LogP) is 0.926. The van der Waals surface area contributed by atoms with Crippen LogP contribution in [0.15, 0.2) is 12.3 Å². The predicted molar refractivity (Wildman–Crippen MR) is 53.8 cm³/mol. The molecule has 4 heteroatoms. The van der Waals surface area contributed by atoms with E-state index < -0.39 is 0 Å². The number of H-pyrrole nitrogens is 1. The maximum absolute atomic E-state index is 5.49. The van der Waals surface area contributed by atoms with Crippen LogP contribution >= 0.6 is 0 Å². The second-order valence-corrected chi connectivity index (χ2v) is 3.78. The average molecular weight is 195 g/mol. The van der Waals surface area contributed by atoms with E-state index in [-0.39, 0.29) is 0 Å². The minimum Gasteiger partial charge on any atom is -0.380 e. The highest BCUT2D eigenvalue weighted by atomic mass is 16.5. The lowest BCUT2D eigenvalue weighted by Gasteiger charge is -2.04. The molecule has 0 aliphatic heterocycles. The maximum Gasteiger partial charge on any atom is 0.0591 e. The summed E-state index contributed by atoms with van der Waals surface area (Å²) in [5.74, 6) is 0.864. The second kappa shape index (κ2) is 5.12. The van der Waals surface area contributed by atoms with Gasteiger partial charge >= 0.3 is 0 Å². The van der Waals surface area contributed by atoms with Gasteiger partial charge in [0.15, 0.2) is 0 Å². The van der Waals surface area contributed by atoms with Gasteiger partial charge in [0.1, 0.15) is 0 Å². The highest BCUT2D eigenvalue weighted by molar-refractivity contribution is 4.96. The largest absolute Gasteiger partial charge is 0.380 e. The van der Waals surface area contributed by atoms with Gasteiger partial charge in [0.2, 0.25) is 0 Å². The topological polar surface area (TPSA) is 49.9 Å². The Balaban J connectivity index is 1.43.